The molecule has 2 aliphatic rings. The number of amides is 1. The van der Waals surface area contributed by atoms with Gasteiger partial charge in [-0.1, -0.05) is 12.1 Å². The van der Waals surface area contributed by atoms with Crippen molar-refractivity contribution in [2.45, 2.75) is 45.2 Å². The molecule has 1 atom stereocenters. The van der Waals surface area contributed by atoms with E-state index in [2.05, 4.69) is 16.8 Å². The van der Waals surface area contributed by atoms with Gasteiger partial charge in [0.15, 0.2) is 0 Å². The zero-order chi connectivity index (χ0) is 20.5. The van der Waals surface area contributed by atoms with Crippen LogP contribution in [0.15, 0.2) is 12.1 Å². The molecule has 2 heterocycles. The number of carbonyl (C=O) groups is 2. The van der Waals surface area contributed by atoms with E-state index in [4.69, 9.17) is 5.11 Å². The zero-order valence-corrected chi connectivity index (χ0v) is 17.0. The number of benzene rings is 1. The second kappa shape index (κ2) is 8.17. The Labute approximate surface area is 165 Å². The van der Waals surface area contributed by atoms with Crippen LogP contribution < -0.4 is 0 Å². The van der Waals surface area contributed by atoms with Crippen molar-refractivity contribution in [2.75, 3.05) is 39.8 Å². The van der Waals surface area contributed by atoms with Crippen LogP contribution in [0.5, 0.6) is 0 Å². The summed E-state index contributed by atoms with van der Waals surface area (Å²) >= 11 is 0. The van der Waals surface area contributed by atoms with Crippen LogP contribution in [0.4, 0.5) is 4.39 Å². The van der Waals surface area contributed by atoms with Gasteiger partial charge in [-0.15, -0.1) is 0 Å². The Kier molecular flexibility index (Phi) is 6.05. The highest BCUT2D eigenvalue weighted by atomic mass is 19.1. The molecule has 0 unspecified atom stereocenters. The molecule has 154 valence electrons. The van der Waals surface area contributed by atoms with Crippen molar-refractivity contribution in [1.82, 2.24) is 14.7 Å². The third kappa shape index (κ3) is 4.20. The van der Waals surface area contributed by atoms with Gasteiger partial charge >= 0.3 is 5.97 Å². The third-order valence-corrected chi connectivity index (χ3v) is 6.50. The molecule has 28 heavy (non-hydrogen) atoms. The first-order chi connectivity index (χ1) is 13.2. The lowest BCUT2D eigenvalue weighted by Crippen LogP contribution is -2.60. The fourth-order valence-corrected chi connectivity index (χ4v) is 4.51. The minimum Gasteiger partial charge on any atom is -0.480 e. The Hall–Kier alpha value is -1.99. The second-order valence-corrected chi connectivity index (χ2v) is 8.30. The highest BCUT2D eigenvalue weighted by Crippen LogP contribution is 2.33. The summed E-state index contributed by atoms with van der Waals surface area (Å²) in [5.74, 6) is -1.19. The summed E-state index contributed by atoms with van der Waals surface area (Å²) in [6, 6.07) is 3.83. The average molecular weight is 391 g/mol. The SMILES string of the molecule is Cc1ccc(CN2CCN(C)[C@@]3(CCC(=O)N(CC(=O)O)CC3)C2)c(C)c1F. The van der Waals surface area contributed by atoms with Gasteiger partial charge < -0.3 is 10.0 Å². The largest absolute Gasteiger partial charge is 0.480 e. The van der Waals surface area contributed by atoms with Crippen LogP contribution in [-0.2, 0) is 16.1 Å². The monoisotopic (exact) mass is 391 g/mol. The molecule has 1 spiro atoms. The summed E-state index contributed by atoms with van der Waals surface area (Å²) in [7, 11) is 2.09. The molecule has 0 saturated carbocycles. The van der Waals surface area contributed by atoms with E-state index in [9.17, 15) is 14.0 Å². The average Bonchev–Trinajstić information content (AvgIpc) is 2.80. The van der Waals surface area contributed by atoms with E-state index in [1.54, 1.807) is 6.92 Å². The molecule has 7 heteroatoms. The Bertz CT molecular complexity index is 770. The smallest absolute Gasteiger partial charge is 0.323 e. The van der Waals surface area contributed by atoms with Crippen LogP contribution in [0, 0.1) is 19.7 Å². The molecule has 1 aromatic rings. The number of hydrogen-bond acceptors (Lipinski definition) is 4. The topological polar surface area (TPSA) is 64.1 Å². The second-order valence-electron chi connectivity index (χ2n) is 8.30. The zero-order valence-electron chi connectivity index (χ0n) is 17.0. The molecule has 1 amide bonds. The summed E-state index contributed by atoms with van der Waals surface area (Å²) in [5, 5.41) is 9.06. The Morgan fingerprint density at radius 2 is 1.96 bits per heavy atom. The third-order valence-electron chi connectivity index (χ3n) is 6.50. The van der Waals surface area contributed by atoms with Crippen molar-refractivity contribution >= 4 is 11.9 Å². The van der Waals surface area contributed by atoms with Gasteiger partial charge in [-0.3, -0.25) is 19.4 Å². The van der Waals surface area contributed by atoms with Crippen LogP contribution in [0.25, 0.3) is 0 Å². The van der Waals surface area contributed by atoms with Crippen LogP contribution in [0.2, 0.25) is 0 Å². The quantitative estimate of drug-likeness (QED) is 0.851. The van der Waals surface area contributed by atoms with Crippen molar-refractivity contribution < 1.29 is 19.1 Å². The summed E-state index contributed by atoms with van der Waals surface area (Å²) < 4.78 is 14.3. The van der Waals surface area contributed by atoms with Crippen LogP contribution in [0.1, 0.15) is 36.0 Å². The summed E-state index contributed by atoms with van der Waals surface area (Å²) in [6.07, 6.45) is 1.83. The maximum Gasteiger partial charge on any atom is 0.323 e. The first kappa shape index (κ1) is 20.7. The number of likely N-dealkylation sites (N-methyl/N-ethyl adjacent to an activating group) is 1. The standard InChI is InChI=1S/C21H30FN3O3/c1-15-4-5-17(16(2)20(15)22)12-24-11-10-23(3)21(14-24)7-6-18(26)25(9-8-21)13-19(27)28/h4-5H,6-14H2,1-3H3,(H,27,28)/t21-/m1/s1. The number of likely N-dealkylation sites (tertiary alicyclic amines) is 1. The minimum absolute atomic E-state index is 0.0822. The fourth-order valence-electron chi connectivity index (χ4n) is 4.51. The molecule has 6 nitrogen and oxygen atoms in total. The van der Waals surface area contributed by atoms with Crippen LogP contribution in [0.3, 0.4) is 0 Å². The van der Waals surface area contributed by atoms with E-state index < -0.39 is 5.97 Å². The number of carbonyl (C=O) groups excluding carboxylic acids is 1. The lowest BCUT2D eigenvalue weighted by molar-refractivity contribution is -0.144. The van der Waals surface area contributed by atoms with Crippen molar-refractivity contribution in [3.8, 4) is 0 Å². The maximum absolute atomic E-state index is 14.3. The lowest BCUT2D eigenvalue weighted by atomic mass is 9.86. The Morgan fingerprint density at radius 1 is 1.21 bits per heavy atom. The predicted octanol–water partition coefficient (Wildman–Crippen LogP) is 2.03. The number of hydrogen-bond donors (Lipinski definition) is 1. The lowest BCUT2D eigenvalue weighted by Gasteiger charge is -2.49. The number of piperazine rings is 1. The van der Waals surface area contributed by atoms with E-state index in [0.717, 1.165) is 38.0 Å². The van der Waals surface area contributed by atoms with Gasteiger partial charge in [-0.05, 0) is 50.4 Å². The van der Waals surface area contributed by atoms with Crippen molar-refractivity contribution in [2.24, 2.45) is 0 Å². The normalized spacial score (nSPS) is 24.6. The predicted molar refractivity (Wildman–Crippen MR) is 105 cm³/mol. The van der Waals surface area contributed by atoms with Gasteiger partial charge in [0.05, 0.1) is 0 Å². The molecule has 1 N–H and O–H groups in total. The van der Waals surface area contributed by atoms with Crippen LogP contribution in [-0.4, -0.2) is 77.0 Å². The van der Waals surface area contributed by atoms with Gasteiger partial charge in [0, 0.05) is 44.7 Å². The van der Waals surface area contributed by atoms with E-state index in [1.165, 1.54) is 4.90 Å². The Balaban J connectivity index is 1.74. The fraction of sp³-hybridized carbons (Fsp3) is 0.619. The van der Waals surface area contributed by atoms with Crippen molar-refractivity contribution in [3.05, 3.63) is 34.6 Å². The number of nitrogens with zero attached hydrogens (tertiary/aromatic N) is 3. The number of aliphatic carboxylic acids is 1. The minimum atomic E-state index is -0.972. The van der Waals surface area contributed by atoms with E-state index >= 15 is 0 Å². The summed E-state index contributed by atoms with van der Waals surface area (Å²) in [4.78, 5) is 29.5. The summed E-state index contributed by atoms with van der Waals surface area (Å²) in [6.45, 7) is 7.09. The van der Waals surface area contributed by atoms with E-state index in [0.29, 0.717) is 30.6 Å². The highest BCUT2D eigenvalue weighted by Gasteiger charge is 2.42. The number of rotatable bonds is 4. The first-order valence-corrected chi connectivity index (χ1v) is 9.89. The van der Waals surface area contributed by atoms with Gasteiger partial charge in [0.2, 0.25) is 5.91 Å². The summed E-state index contributed by atoms with van der Waals surface area (Å²) in [5.41, 5.74) is 2.21. The molecule has 2 saturated heterocycles. The van der Waals surface area contributed by atoms with Gasteiger partial charge in [0.25, 0.3) is 0 Å². The van der Waals surface area contributed by atoms with Crippen molar-refractivity contribution in [3.63, 3.8) is 0 Å². The van der Waals surface area contributed by atoms with E-state index in [-0.39, 0.29) is 23.8 Å². The highest BCUT2D eigenvalue weighted by molar-refractivity contribution is 5.81. The molecule has 3 rings (SSSR count). The number of carboxylic acids is 1. The van der Waals surface area contributed by atoms with Gasteiger partial charge in [0.1, 0.15) is 12.4 Å². The van der Waals surface area contributed by atoms with Crippen molar-refractivity contribution in [1.29, 1.82) is 0 Å². The molecule has 0 bridgehead atoms. The first-order valence-electron chi connectivity index (χ1n) is 9.89. The van der Waals surface area contributed by atoms with E-state index in [1.807, 2.05) is 19.1 Å². The molecule has 1 aromatic carbocycles. The molecule has 2 fully saturated rings. The van der Waals surface area contributed by atoms with Gasteiger partial charge in [-0.2, -0.15) is 0 Å². The molecular formula is C21H30FN3O3. The molecular weight excluding hydrogens is 361 g/mol. The molecule has 0 aromatic heterocycles. The molecule has 2 aliphatic heterocycles. The number of aryl methyl sites for hydroxylation is 1. The van der Waals surface area contributed by atoms with Gasteiger partial charge in [-0.25, -0.2) is 4.39 Å². The van der Waals surface area contributed by atoms with Crippen LogP contribution >= 0.6 is 0 Å². The molecule has 0 aliphatic carbocycles. The molecule has 0 radical (unpaired) electrons. The number of carboxylic acid groups (broad SMARTS) is 1. The Morgan fingerprint density at radius 3 is 2.68 bits per heavy atom. The number of halogens is 1. The maximum atomic E-state index is 14.3.